The molecule has 1 aliphatic heterocycles. The Morgan fingerprint density at radius 2 is 2.07 bits per heavy atom. The van der Waals surface area contributed by atoms with Crippen LogP contribution in [0.5, 0.6) is 5.75 Å². The van der Waals surface area contributed by atoms with Crippen LogP contribution in [0, 0.1) is 6.92 Å². The van der Waals surface area contributed by atoms with Crippen LogP contribution in [-0.4, -0.2) is 39.9 Å². The largest absolute Gasteiger partial charge is 0.491 e. The van der Waals surface area contributed by atoms with Crippen molar-refractivity contribution < 1.29 is 22.7 Å². The molecule has 1 aliphatic rings. The molecule has 1 saturated heterocycles. The maximum absolute atomic E-state index is 12.6. The molecule has 0 aliphatic carbocycles. The van der Waals surface area contributed by atoms with E-state index in [0.29, 0.717) is 23.6 Å². The lowest BCUT2D eigenvalue weighted by molar-refractivity contribution is 0.0679. The first-order valence-electron chi connectivity index (χ1n) is 8.79. The molecule has 27 heavy (non-hydrogen) atoms. The van der Waals surface area contributed by atoms with E-state index in [1.807, 2.05) is 6.92 Å². The second-order valence-corrected chi connectivity index (χ2v) is 8.69. The molecule has 1 N–H and O–H groups in total. The summed E-state index contributed by atoms with van der Waals surface area (Å²) in [5.74, 6) is 0.270. The fraction of sp³-hybridized carbons (Fsp3) is 0.350. The number of hydrogen-bond acceptors (Lipinski definition) is 5. The van der Waals surface area contributed by atoms with Crippen molar-refractivity contribution in [3.63, 3.8) is 0 Å². The van der Waals surface area contributed by atoms with E-state index in [-0.39, 0.29) is 16.9 Å². The number of sulfone groups is 1. The Hall–Kier alpha value is -2.38. The SMILES string of the molecule is Cc1ccc(S(C)(=O)=O)cc1NC(=O)c1cccc(OC[C@H]2CCCO2)c1. The molecule has 0 spiro atoms. The van der Waals surface area contributed by atoms with Gasteiger partial charge in [-0.05, 0) is 55.7 Å². The number of benzene rings is 2. The average Bonchev–Trinajstić information content (AvgIpc) is 3.14. The van der Waals surface area contributed by atoms with Crippen molar-refractivity contribution in [1.29, 1.82) is 0 Å². The third-order valence-corrected chi connectivity index (χ3v) is 5.55. The highest BCUT2D eigenvalue weighted by atomic mass is 32.2. The fourth-order valence-electron chi connectivity index (χ4n) is 2.85. The second-order valence-electron chi connectivity index (χ2n) is 6.68. The lowest BCUT2D eigenvalue weighted by Gasteiger charge is -2.13. The number of hydrogen-bond donors (Lipinski definition) is 1. The second kappa shape index (κ2) is 8.10. The van der Waals surface area contributed by atoms with Gasteiger partial charge >= 0.3 is 0 Å². The third-order valence-electron chi connectivity index (χ3n) is 4.44. The molecular weight excluding hydrogens is 366 g/mol. The highest BCUT2D eigenvalue weighted by molar-refractivity contribution is 7.90. The summed E-state index contributed by atoms with van der Waals surface area (Å²) in [6.45, 7) is 3.03. The van der Waals surface area contributed by atoms with E-state index in [2.05, 4.69) is 5.32 Å². The molecule has 0 saturated carbocycles. The number of nitrogens with one attached hydrogen (secondary N) is 1. The minimum atomic E-state index is -3.35. The van der Waals surface area contributed by atoms with E-state index in [1.165, 1.54) is 12.1 Å². The van der Waals surface area contributed by atoms with E-state index in [9.17, 15) is 13.2 Å². The molecule has 2 aromatic rings. The molecule has 0 bridgehead atoms. The van der Waals surface area contributed by atoms with Crippen molar-refractivity contribution in [3.05, 3.63) is 53.6 Å². The fourth-order valence-corrected chi connectivity index (χ4v) is 3.50. The summed E-state index contributed by atoms with van der Waals surface area (Å²) in [7, 11) is -3.35. The summed E-state index contributed by atoms with van der Waals surface area (Å²) >= 11 is 0. The van der Waals surface area contributed by atoms with Crippen LogP contribution in [-0.2, 0) is 14.6 Å². The maximum Gasteiger partial charge on any atom is 0.255 e. The lowest BCUT2D eigenvalue weighted by Crippen LogP contribution is -2.17. The molecule has 1 amide bonds. The molecule has 7 heteroatoms. The van der Waals surface area contributed by atoms with Crippen LogP contribution in [0.15, 0.2) is 47.4 Å². The molecular formula is C20H23NO5S. The zero-order valence-electron chi connectivity index (χ0n) is 15.4. The summed E-state index contributed by atoms with van der Waals surface area (Å²) < 4.78 is 34.7. The van der Waals surface area contributed by atoms with Gasteiger partial charge in [0, 0.05) is 24.1 Å². The Labute approximate surface area is 159 Å². The van der Waals surface area contributed by atoms with E-state index in [0.717, 1.165) is 31.3 Å². The van der Waals surface area contributed by atoms with E-state index in [4.69, 9.17) is 9.47 Å². The van der Waals surface area contributed by atoms with Crippen molar-refractivity contribution in [3.8, 4) is 5.75 Å². The van der Waals surface area contributed by atoms with Crippen molar-refractivity contribution in [2.24, 2.45) is 0 Å². The monoisotopic (exact) mass is 389 g/mol. The highest BCUT2D eigenvalue weighted by Crippen LogP contribution is 2.22. The first-order chi connectivity index (χ1) is 12.8. The molecule has 1 atom stereocenters. The quantitative estimate of drug-likeness (QED) is 0.820. The predicted octanol–water partition coefficient (Wildman–Crippen LogP) is 3.21. The third kappa shape index (κ3) is 5.08. The lowest BCUT2D eigenvalue weighted by atomic mass is 10.1. The number of carbonyl (C=O) groups is 1. The topological polar surface area (TPSA) is 81.7 Å². The van der Waals surface area contributed by atoms with Crippen molar-refractivity contribution in [1.82, 2.24) is 0 Å². The zero-order chi connectivity index (χ0) is 19.4. The van der Waals surface area contributed by atoms with Gasteiger partial charge in [0.15, 0.2) is 9.84 Å². The first kappa shape index (κ1) is 19.4. The minimum absolute atomic E-state index is 0.101. The van der Waals surface area contributed by atoms with Gasteiger partial charge in [0.1, 0.15) is 12.4 Å². The summed E-state index contributed by atoms with van der Waals surface area (Å²) in [6, 6.07) is 11.6. The van der Waals surface area contributed by atoms with E-state index < -0.39 is 9.84 Å². The predicted molar refractivity (Wildman–Crippen MR) is 103 cm³/mol. The Bertz CT molecular complexity index is 933. The Kier molecular flexibility index (Phi) is 5.82. The van der Waals surface area contributed by atoms with Crippen LogP contribution in [0.4, 0.5) is 5.69 Å². The van der Waals surface area contributed by atoms with Crippen LogP contribution >= 0.6 is 0 Å². The Morgan fingerprint density at radius 3 is 2.78 bits per heavy atom. The molecule has 0 aromatic heterocycles. The molecule has 6 nitrogen and oxygen atoms in total. The van der Waals surface area contributed by atoms with E-state index >= 15 is 0 Å². The number of ether oxygens (including phenoxy) is 2. The van der Waals surface area contributed by atoms with Gasteiger partial charge in [-0.25, -0.2) is 8.42 Å². The van der Waals surface area contributed by atoms with Crippen LogP contribution in [0.3, 0.4) is 0 Å². The first-order valence-corrected chi connectivity index (χ1v) is 10.7. The van der Waals surface area contributed by atoms with Crippen LogP contribution < -0.4 is 10.1 Å². The highest BCUT2D eigenvalue weighted by Gasteiger charge is 2.17. The van der Waals surface area contributed by atoms with Gasteiger partial charge in [-0.15, -0.1) is 0 Å². The van der Waals surface area contributed by atoms with Crippen molar-refractivity contribution in [2.75, 3.05) is 24.8 Å². The number of aryl methyl sites for hydroxylation is 1. The van der Waals surface area contributed by atoms with Gasteiger partial charge in [0.25, 0.3) is 5.91 Å². The molecule has 3 rings (SSSR count). The molecule has 2 aromatic carbocycles. The van der Waals surface area contributed by atoms with Crippen LogP contribution in [0.2, 0.25) is 0 Å². The van der Waals surface area contributed by atoms with Crippen molar-refractivity contribution in [2.45, 2.75) is 30.8 Å². The number of anilines is 1. The van der Waals surface area contributed by atoms with Crippen LogP contribution in [0.1, 0.15) is 28.8 Å². The summed E-state index contributed by atoms with van der Waals surface area (Å²) in [5, 5.41) is 2.78. The standard InChI is InChI=1S/C20H23NO5S/c1-14-8-9-18(27(2,23)24)12-19(14)21-20(22)15-5-3-6-16(11-15)26-13-17-7-4-10-25-17/h3,5-6,8-9,11-12,17H,4,7,10,13H2,1-2H3,(H,21,22)/t17-/m1/s1. The molecule has 0 unspecified atom stereocenters. The maximum atomic E-state index is 12.6. The van der Waals surface area contributed by atoms with Gasteiger partial charge in [-0.2, -0.15) is 0 Å². The van der Waals surface area contributed by atoms with Gasteiger partial charge in [0.05, 0.1) is 11.0 Å². The molecule has 144 valence electrons. The van der Waals surface area contributed by atoms with Gasteiger partial charge in [-0.3, -0.25) is 4.79 Å². The smallest absolute Gasteiger partial charge is 0.255 e. The number of amides is 1. The zero-order valence-corrected chi connectivity index (χ0v) is 16.2. The Balaban J connectivity index is 1.71. The molecule has 1 heterocycles. The average molecular weight is 389 g/mol. The number of rotatable bonds is 6. The van der Waals surface area contributed by atoms with Gasteiger partial charge < -0.3 is 14.8 Å². The number of carbonyl (C=O) groups excluding carboxylic acids is 1. The normalized spacial score (nSPS) is 16.9. The van der Waals surface area contributed by atoms with Crippen LogP contribution in [0.25, 0.3) is 0 Å². The van der Waals surface area contributed by atoms with Crippen molar-refractivity contribution >= 4 is 21.4 Å². The molecule has 1 fully saturated rings. The summed E-state index contributed by atoms with van der Waals surface area (Å²) in [6.07, 6.45) is 3.26. The molecule has 0 radical (unpaired) electrons. The van der Waals surface area contributed by atoms with Gasteiger partial charge in [-0.1, -0.05) is 12.1 Å². The Morgan fingerprint density at radius 1 is 1.26 bits per heavy atom. The minimum Gasteiger partial charge on any atom is -0.491 e. The van der Waals surface area contributed by atoms with E-state index in [1.54, 1.807) is 30.3 Å². The van der Waals surface area contributed by atoms with Gasteiger partial charge in [0.2, 0.25) is 0 Å². The summed E-state index contributed by atoms with van der Waals surface area (Å²) in [4.78, 5) is 12.8. The summed E-state index contributed by atoms with van der Waals surface area (Å²) in [5.41, 5.74) is 1.68.